The summed E-state index contributed by atoms with van der Waals surface area (Å²) in [6, 6.07) is 52.3. The van der Waals surface area contributed by atoms with Gasteiger partial charge in [0.1, 0.15) is 11.5 Å². The van der Waals surface area contributed by atoms with E-state index in [0.29, 0.717) is 19.6 Å². The Kier molecular flexibility index (Phi) is 17.3. The lowest BCUT2D eigenvalue weighted by atomic mass is 9.74. The second-order valence-electron chi connectivity index (χ2n) is 19.3. The Balaban J connectivity index is 0.000000182. The predicted octanol–water partition coefficient (Wildman–Crippen LogP) is 9.07. The average molecular weight is 990 g/mol. The fourth-order valence-corrected chi connectivity index (χ4v) is 11.0. The van der Waals surface area contributed by atoms with Gasteiger partial charge in [-0.15, -0.1) is 0 Å². The maximum atomic E-state index is 13.2. The summed E-state index contributed by atoms with van der Waals surface area (Å²) in [5.41, 5.74) is 14.2. The molecule has 4 aliphatic rings. The number of hydrogen-bond donors (Lipinski definition) is 4. The van der Waals surface area contributed by atoms with Crippen LogP contribution in [0.3, 0.4) is 0 Å². The maximum absolute atomic E-state index is 13.2. The Morgan fingerprint density at radius 2 is 0.878 bits per heavy atom. The minimum absolute atomic E-state index is 0.0616. The minimum Gasteiger partial charge on any atom is -0.497 e. The Bertz CT molecular complexity index is 2700. The van der Waals surface area contributed by atoms with Gasteiger partial charge in [0.2, 0.25) is 0 Å². The normalized spacial score (nSPS) is 21.4. The first-order valence-electron chi connectivity index (χ1n) is 25.9. The molecule has 10 rings (SSSR count). The van der Waals surface area contributed by atoms with Crippen LogP contribution in [-0.4, -0.2) is 128 Å². The molecule has 4 aliphatic heterocycles. The van der Waals surface area contributed by atoms with Crippen molar-refractivity contribution in [2.24, 2.45) is 5.73 Å². The van der Waals surface area contributed by atoms with Crippen molar-refractivity contribution in [3.05, 3.63) is 191 Å². The van der Waals surface area contributed by atoms with Crippen molar-refractivity contribution in [2.45, 2.75) is 61.7 Å². The van der Waals surface area contributed by atoms with E-state index in [4.69, 9.17) is 15.2 Å². The van der Waals surface area contributed by atoms with E-state index < -0.39 is 0 Å². The van der Waals surface area contributed by atoms with Crippen LogP contribution < -0.4 is 25.8 Å². The molecular formula is C62H67N7O5. The number of ether oxygens (including phenoxy) is 2. The highest BCUT2D eigenvalue weighted by atomic mass is 16.5. The van der Waals surface area contributed by atoms with E-state index >= 15 is 0 Å². The molecule has 0 bridgehead atoms. The van der Waals surface area contributed by atoms with Gasteiger partial charge in [-0.2, -0.15) is 0 Å². The van der Waals surface area contributed by atoms with Gasteiger partial charge in [0, 0.05) is 102 Å². The molecule has 4 saturated heterocycles. The molecule has 6 atom stereocenters. The molecule has 6 aromatic carbocycles. The zero-order valence-electron chi connectivity index (χ0n) is 42.4. The lowest BCUT2D eigenvalue weighted by molar-refractivity contribution is -0.0585. The van der Waals surface area contributed by atoms with E-state index in [1.807, 2.05) is 119 Å². The van der Waals surface area contributed by atoms with E-state index in [2.05, 4.69) is 92.6 Å². The van der Waals surface area contributed by atoms with Crippen molar-refractivity contribution >= 4 is 23.4 Å². The van der Waals surface area contributed by atoms with Crippen LogP contribution in [0.4, 0.5) is 21.0 Å². The standard InChI is InChI=1S/C31H34N4O2.C31H33N3O3/c1-37-27-17-15-26(16-18-27)33-31(36)34-19-5-6-20-35-28(21-32)30(29(35)22-34)25-13-11-24(12-14-25)10-9-23-7-3-2-4-8-23;1-37-27-17-15-26(16-18-27)32-31(36)33-19-5-6-20-34-28(21-33)30(29(34)22-35)25-13-11-24(12-14-25)10-9-23-7-3-2-4-8-23/h2-4,7-8,11-18,28-30H,5-6,19-22,32H2,1H3,(H,33,36);2-4,7-8,11-18,28-30,35H,5-6,19-22H2,1H3,(H,32,36)/t2*28-,29+,30+/m10/s1. The van der Waals surface area contributed by atoms with Gasteiger partial charge in [0.25, 0.3) is 0 Å². The fraction of sp³-hybridized carbons (Fsp3) is 0.323. The molecule has 0 spiro atoms. The number of nitrogens with zero attached hydrogens (tertiary/aromatic N) is 4. The van der Waals surface area contributed by atoms with Crippen molar-refractivity contribution in [3.8, 4) is 35.2 Å². The Morgan fingerprint density at radius 3 is 1.26 bits per heavy atom. The first kappa shape index (κ1) is 51.3. The summed E-state index contributed by atoms with van der Waals surface area (Å²) in [7, 11) is 3.26. The molecule has 12 nitrogen and oxygen atoms in total. The van der Waals surface area contributed by atoms with Crippen LogP contribution in [0, 0.1) is 23.7 Å². The summed E-state index contributed by atoms with van der Waals surface area (Å²) in [6.45, 7) is 5.46. The minimum atomic E-state index is -0.0928. The van der Waals surface area contributed by atoms with Crippen LogP contribution >= 0.6 is 0 Å². The number of aliphatic hydroxyl groups is 1. The maximum Gasteiger partial charge on any atom is 0.321 e. The van der Waals surface area contributed by atoms with Crippen molar-refractivity contribution in [1.82, 2.24) is 19.6 Å². The van der Waals surface area contributed by atoms with Crippen LogP contribution in [0.5, 0.6) is 11.5 Å². The van der Waals surface area contributed by atoms with Gasteiger partial charge in [0.05, 0.1) is 20.8 Å². The number of fused-ring (bicyclic) bond motifs is 2. The monoisotopic (exact) mass is 990 g/mol. The van der Waals surface area contributed by atoms with Crippen LogP contribution in [0.25, 0.3) is 0 Å². The second-order valence-corrected chi connectivity index (χ2v) is 19.3. The van der Waals surface area contributed by atoms with Crippen molar-refractivity contribution in [2.75, 3.05) is 77.3 Å². The number of amides is 4. The van der Waals surface area contributed by atoms with E-state index in [9.17, 15) is 14.7 Å². The van der Waals surface area contributed by atoms with Crippen LogP contribution in [0.15, 0.2) is 158 Å². The van der Waals surface area contributed by atoms with Crippen molar-refractivity contribution in [1.29, 1.82) is 0 Å². The summed E-state index contributed by atoms with van der Waals surface area (Å²) in [5, 5.41) is 16.3. The third-order valence-electron chi connectivity index (χ3n) is 14.9. The summed E-state index contributed by atoms with van der Waals surface area (Å²) in [4.78, 5) is 35.2. The summed E-state index contributed by atoms with van der Waals surface area (Å²) >= 11 is 0. The molecule has 0 aromatic heterocycles. The smallest absolute Gasteiger partial charge is 0.321 e. The van der Waals surface area contributed by atoms with E-state index in [1.165, 1.54) is 11.1 Å². The van der Waals surface area contributed by atoms with Crippen LogP contribution in [0.1, 0.15) is 70.9 Å². The number of rotatable bonds is 8. The SMILES string of the molecule is COc1ccc(NC(=O)N2CCCCN3[C@H](CN)[C@H](c4ccc(C#Cc5ccccc5)cc4)[C@@H]3C2)cc1.COc1ccc(NC(=O)N2CCCCN3[C@H](CO)[C@H](c4ccc(C#Cc5ccccc5)cc4)[C@@H]3C2)cc1. The van der Waals surface area contributed by atoms with E-state index in [-0.39, 0.29) is 54.7 Å². The molecule has 0 aliphatic carbocycles. The quantitative estimate of drug-likeness (QED) is 0.111. The molecular weight excluding hydrogens is 923 g/mol. The number of anilines is 2. The molecule has 380 valence electrons. The highest BCUT2D eigenvalue weighted by Crippen LogP contribution is 2.43. The Morgan fingerprint density at radius 1 is 0.514 bits per heavy atom. The van der Waals surface area contributed by atoms with Crippen LogP contribution in [0.2, 0.25) is 0 Å². The van der Waals surface area contributed by atoms with Gasteiger partial charge in [-0.25, -0.2) is 9.59 Å². The summed E-state index contributed by atoms with van der Waals surface area (Å²) in [5.74, 6) is 14.9. The third kappa shape index (κ3) is 12.4. The zero-order valence-corrected chi connectivity index (χ0v) is 42.4. The number of carbonyl (C=O) groups is 2. The Labute approximate surface area is 436 Å². The van der Waals surface area contributed by atoms with Crippen molar-refractivity contribution in [3.63, 3.8) is 0 Å². The number of hydrogen-bond acceptors (Lipinski definition) is 8. The summed E-state index contributed by atoms with van der Waals surface area (Å²) < 4.78 is 10.4. The van der Waals surface area contributed by atoms with Gasteiger partial charge in [-0.3, -0.25) is 9.80 Å². The lowest BCUT2D eigenvalue weighted by Crippen LogP contribution is -2.68. The molecule has 4 heterocycles. The number of benzene rings is 6. The largest absolute Gasteiger partial charge is 0.497 e. The number of aliphatic hydroxyl groups excluding tert-OH is 1. The number of carbonyl (C=O) groups excluding carboxylic acids is 2. The highest BCUT2D eigenvalue weighted by Gasteiger charge is 2.50. The van der Waals surface area contributed by atoms with Gasteiger partial charge in [-0.05, 0) is 147 Å². The molecule has 0 unspecified atom stereocenters. The van der Waals surface area contributed by atoms with Crippen molar-refractivity contribution < 1.29 is 24.2 Å². The molecule has 6 aromatic rings. The zero-order chi connectivity index (χ0) is 51.2. The molecule has 0 radical (unpaired) electrons. The highest BCUT2D eigenvalue weighted by molar-refractivity contribution is 5.90. The predicted molar refractivity (Wildman–Crippen MR) is 294 cm³/mol. The van der Waals surface area contributed by atoms with Gasteiger partial charge < -0.3 is 40.7 Å². The van der Waals surface area contributed by atoms with Gasteiger partial charge in [-0.1, -0.05) is 84.3 Å². The Hall–Kier alpha value is -7.58. The number of nitrogens with one attached hydrogen (secondary N) is 2. The van der Waals surface area contributed by atoms with Crippen LogP contribution in [-0.2, 0) is 0 Å². The van der Waals surface area contributed by atoms with Gasteiger partial charge >= 0.3 is 12.1 Å². The van der Waals surface area contributed by atoms with E-state index in [0.717, 1.165) is 97.0 Å². The topological polar surface area (TPSA) is 136 Å². The molecule has 4 amide bonds. The first-order valence-corrected chi connectivity index (χ1v) is 25.9. The average Bonchev–Trinajstić information content (AvgIpc) is 3.43. The molecule has 0 saturated carbocycles. The number of urea groups is 2. The number of nitrogens with two attached hydrogens (primary N) is 1. The third-order valence-corrected chi connectivity index (χ3v) is 14.9. The first-order chi connectivity index (χ1) is 36.3. The molecule has 4 fully saturated rings. The second kappa shape index (κ2) is 24.9. The molecule has 5 N–H and O–H groups in total. The lowest BCUT2D eigenvalue weighted by Gasteiger charge is -2.57. The molecule has 74 heavy (non-hydrogen) atoms. The fourth-order valence-electron chi connectivity index (χ4n) is 11.0. The molecule has 12 heteroatoms. The summed E-state index contributed by atoms with van der Waals surface area (Å²) in [6.07, 6.45) is 3.98. The number of methoxy groups -OCH3 is 2. The van der Waals surface area contributed by atoms with E-state index in [1.54, 1.807) is 14.2 Å². The van der Waals surface area contributed by atoms with Gasteiger partial charge in [0.15, 0.2) is 0 Å².